The predicted octanol–water partition coefficient (Wildman–Crippen LogP) is 3.92. The van der Waals surface area contributed by atoms with Gasteiger partial charge < -0.3 is 15.4 Å². The minimum absolute atomic E-state index is 0.123. The molecule has 0 aliphatic rings. The summed E-state index contributed by atoms with van der Waals surface area (Å²) in [5.74, 6) is -0.101. The second-order valence-corrected chi connectivity index (χ2v) is 6.76. The number of carbonyl (C=O) groups excluding carboxylic acids is 2. The Labute approximate surface area is 156 Å². The lowest BCUT2D eigenvalue weighted by Gasteiger charge is -2.13. The van der Waals surface area contributed by atoms with Crippen LogP contribution >= 0.6 is 11.8 Å². The van der Waals surface area contributed by atoms with Gasteiger partial charge in [-0.25, -0.2) is 4.39 Å². The van der Waals surface area contributed by atoms with Crippen LogP contribution in [-0.2, 0) is 9.59 Å². The molecule has 0 spiro atoms. The summed E-state index contributed by atoms with van der Waals surface area (Å²) in [6, 6.07) is 12.7. The number of carbonyl (C=O) groups is 2. The lowest BCUT2D eigenvalue weighted by Crippen LogP contribution is -2.25. The summed E-state index contributed by atoms with van der Waals surface area (Å²) in [4.78, 5) is 24.3. The third-order valence-electron chi connectivity index (χ3n) is 3.41. The van der Waals surface area contributed by atoms with Crippen LogP contribution in [-0.4, -0.2) is 29.4 Å². The van der Waals surface area contributed by atoms with E-state index in [9.17, 15) is 14.0 Å². The Hall–Kier alpha value is -2.54. The Morgan fingerprint density at radius 1 is 1.12 bits per heavy atom. The maximum Gasteiger partial charge on any atom is 0.237 e. The Bertz CT molecular complexity index is 753. The highest BCUT2D eigenvalue weighted by molar-refractivity contribution is 8.01. The third-order valence-corrected chi connectivity index (χ3v) is 4.55. The third kappa shape index (κ3) is 6.07. The molecule has 0 heterocycles. The number of para-hydroxylation sites is 2. The van der Waals surface area contributed by atoms with E-state index in [1.165, 1.54) is 36.0 Å². The number of rotatable bonds is 8. The standard InChI is InChI=1S/C19H21FN2O3S/c1-3-25-17-7-5-4-6-16(17)22-18(23)12-26-13(2)19(24)21-15-10-8-14(20)9-11-15/h4-11,13H,3,12H2,1-2H3,(H,21,24)(H,22,23). The molecule has 0 aliphatic heterocycles. The fourth-order valence-electron chi connectivity index (χ4n) is 2.09. The summed E-state index contributed by atoms with van der Waals surface area (Å²) >= 11 is 1.21. The fraction of sp³-hybridized carbons (Fsp3) is 0.263. The summed E-state index contributed by atoms with van der Waals surface area (Å²) in [6.07, 6.45) is 0. The highest BCUT2D eigenvalue weighted by Gasteiger charge is 2.16. The minimum atomic E-state index is -0.437. The zero-order valence-corrected chi connectivity index (χ0v) is 15.4. The van der Waals surface area contributed by atoms with Gasteiger partial charge in [0.2, 0.25) is 11.8 Å². The summed E-state index contributed by atoms with van der Waals surface area (Å²) in [7, 11) is 0. The van der Waals surface area contributed by atoms with E-state index in [2.05, 4.69) is 10.6 Å². The number of hydrogen-bond donors (Lipinski definition) is 2. The molecule has 0 bridgehead atoms. The smallest absolute Gasteiger partial charge is 0.237 e. The molecule has 0 aromatic heterocycles. The summed E-state index contributed by atoms with van der Waals surface area (Å²) in [6.45, 7) is 4.09. The minimum Gasteiger partial charge on any atom is -0.492 e. The lowest BCUT2D eigenvalue weighted by molar-refractivity contribution is -0.115. The molecule has 138 valence electrons. The predicted molar refractivity (Wildman–Crippen MR) is 103 cm³/mol. The van der Waals surface area contributed by atoms with Crippen molar-refractivity contribution in [1.82, 2.24) is 0 Å². The van der Waals surface area contributed by atoms with E-state index in [0.717, 1.165) is 0 Å². The van der Waals surface area contributed by atoms with E-state index in [1.54, 1.807) is 19.1 Å². The first kappa shape index (κ1) is 19.8. The number of amides is 2. The van der Waals surface area contributed by atoms with Gasteiger partial charge in [0.05, 0.1) is 23.3 Å². The normalized spacial score (nSPS) is 11.5. The Balaban J connectivity index is 1.82. The van der Waals surface area contributed by atoms with E-state index in [1.807, 2.05) is 19.1 Å². The van der Waals surface area contributed by atoms with Crippen LogP contribution in [0.2, 0.25) is 0 Å². The molecule has 7 heteroatoms. The Morgan fingerprint density at radius 3 is 2.50 bits per heavy atom. The van der Waals surface area contributed by atoms with E-state index in [-0.39, 0.29) is 23.4 Å². The topological polar surface area (TPSA) is 67.4 Å². The summed E-state index contributed by atoms with van der Waals surface area (Å²) in [5, 5.41) is 5.04. The molecule has 1 unspecified atom stereocenters. The SMILES string of the molecule is CCOc1ccccc1NC(=O)CSC(C)C(=O)Nc1ccc(F)cc1. The van der Waals surface area contributed by atoms with Crippen LogP contribution in [0.3, 0.4) is 0 Å². The number of halogens is 1. The molecule has 0 fully saturated rings. The molecule has 5 nitrogen and oxygen atoms in total. The average molecular weight is 376 g/mol. The molecule has 0 radical (unpaired) electrons. The highest BCUT2D eigenvalue weighted by atomic mass is 32.2. The first-order valence-corrected chi connectivity index (χ1v) is 9.24. The van der Waals surface area contributed by atoms with Crippen molar-refractivity contribution >= 4 is 35.0 Å². The number of nitrogens with one attached hydrogen (secondary N) is 2. The number of benzene rings is 2. The number of anilines is 2. The maximum absolute atomic E-state index is 12.9. The van der Waals surface area contributed by atoms with Crippen molar-refractivity contribution < 1.29 is 18.7 Å². The highest BCUT2D eigenvalue weighted by Crippen LogP contribution is 2.24. The van der Waals surface area contributed by atoms with Crippen molar-refractivity contribution in [3.05, 3.63) is 54.3 Å². The van der Waals surface area contributed by atoms with Crippen molar-refractivity contribution in [3.63, 3.8) is 0 Å². The molecular formula is C19H21FN2O3S. The van der Waals surface area contributed by atoms with Gasteiger partial charge in [0.1, 0.15) is 11.6 Å². The van der Waals surface area contributed by atoms with Crippen LogP contribution in [0.4, 0.5) is 15.8 Å². The van der Waals surface area contributed by atoms with Gasteiger partial charge in [-0.3, -0.25) is 9.59 Å². The first-order valence-electron chi connectivity index (χ1n) is 8.19. The van der Waals surface area contributed by atoms with Crippen molar-refractivity contribution in [2.45, 2.75) is 19.1 Å². The molecule has 0 saturated carbocycles. The maximum atomic E-state index is 12.9. The summed E-state index contributed by atoms with van der Waals surface area (Å²) < 4.78 is 18.3. The molecule has 26 heavy (non-hydrogen) atoms. The fourth-order valence-corrected chi connectivity index (χ4v) is 2.77. The number of hydrogen-bond acceptors (Lipinski definition) is 4. The zero-order valence-electron chi connectivity index (χ0n) is 14.6. The van der Waals surface area contributed by atoms with Crippen LogP contribution in [0.25, 0.3) is 0 Å². The van der Waals surface area contributed by atoms with Crippen LogP contribution in [0.15, 0.2) is 48.5 Å². The largest absolute Gasteiger partial charge is 0.492 e. The van der Waals surface area contributed by atoms with Crippen molar-refractivity contribution in [1.29, 1.82) is 0 Å². The van der Waals surface area contributed by atoms with E-state index in [0.29, 0.717) is 23.7 Å². The van der Waals surface area contributed by atoms with E-state index < -0.39 is 5.25 Å². The number of thioether (sulfide) groups is 1. The number of ether oxygens (including phenoxy) is 1. The van der Waals surface area contributed by atoms with Gasteiger partial charge in [0, 0.05) is 5.69 Å². The monoisotopic (exact) mass is 376 g/mol. The van der Waals surface area contributed by atoms with E-state index >= 15 is 0 Å². The quantitative estimate of drug-likeness (QED) is 0.733. The van der Waals surface area contributed by atoms with Crippen molar-refractivity contribution in [2.24, 2.45) is 0 Å². The molecule has 0 saturated heterocycles. The van der Waals surface area contributed by atoms with Crippen molar-refractivity contribution in [2.75, 3.05) is 23.0 Å². The zero-order chi connectivity index (χ0) is 18.9. The van der Waals surface area contributed by atoms with Crippen LogP contribution in [0.1, 0.15) is 13.8 Å². The molecule has 2 rings (SSSR count). The molecule has 2 aromatic carbocycles. The molecule has 1 atom stereocenters. The van der Waals surface area contributed by atoms with Gasteiger partial charge in [-0.15, -0.1) is 11.8 Å². The van der Waals surface area contributed by atoms with Gasteiger partial charge in [0.15, 0.2) is 0 Å². The Kier molecular flexibility index (Phi) is 7.47. The van der Waals surface area contributed by atoms with Gasteiger partial charge in [-0.1, -0.05) is 12.1 Å². The van der Waals surface area contributed by atoms with Crippen LogP contribution < -0.4 is 15.4 Å². The molecule has 2 amide bonds. The average Bonchev–Trinajstić information content (AvgIpc) is 2.63. The molecule has 0 aliphatic carbocycles. The molecule has 2 N–H and O–H groups in total. The second kappa shape index (κ2) is 9.82. The first-order chi connectivity index (χ1) is 12.5. The van der Waals surface area contributed by atoms with Gasteiger partial charge in [-0.05, 0) is 50.2 Å². The van der Waals surface area contributed by atoms with Crippen LogP contribution in [0.5, 0.6) is 5.75 Å². The second-order valence-electron chi connectivity index (χ2n) is 5.43. The van der Waals surface area contributed by atoms with Gasteiger partial charge in [-0.2, -0.15) is 0 Å². The van der Waals surface area contributed by atoms with Crippen molar-refractivity contribution in [3.8, 4) is 5.75 Å². The Morgan fingerprint density at radius 2 is 1.81 bits per heavy atom. The van der Waals surface area contributed by atoms with Crippen LogP contribution in [0, 0.1) is 5.82 Å². The van der Waals surface area contributed by atoms with Gasteiger partial charge >= 0.3 is 0 Å². The molecule has 2 aromatic rings. The molecular weight excluding hydrogens is 355 g/mol. The van der Waals surface area contributed by atoms with E-state index in [4.69, 9.17) is 4.74 Å². The summed E-state index contributed by atoms with van der Waals surface area (Å²) in [5.41, 5.74) is 1.11. The lowest BCUT2D eigenvalue weighted by atomic mass is 10.3. The van der Waals surface area contributed by atoms with Gasteiger partial charge in [0.25, 0.3) is 0 Å².